The predicted molar refractivity (Wildman–Crippen MR) is 91.3 cm³/mol. The SMILES string of the molecule is C=CCN1C(=O)/C(=C\N2CCc3ccccc3C2)C(=O)NC1=S. The lowest BCUT2D eigenvalue weighted by Gasteiger charge is -2.31. The summed E-state index contributed by atoms with van der Waals surface area (Å²) in [5, 5.41) is 2.68. The third-order valence-corrected chi connectivity index (χ3v) is 4.29. The van der Waals surface area contributed by atoms with Crippen LogP contribution in [0, 0.1) is 0 Å². The molecule has 0 bridgehead atoms. The number of thiocarbonyl (C=S) groups is 1. The average Bonchev–Trinajstić information content (AvgIpc) is 2.55. The van der Waals surface area contributed by atoms with Crippen molar-refractivity contribution in [3.8, 4) is 0 Å². The van der Waals surface area contributed by atoms with E-state index in [1.54, 1.807) is 12.3 Å². The van der Waals surface area contributed by atoms with Crippen LogP contribution in [0.25, 0.3) is 0 Å². The normalized spacial score (nSPS) is 19.7. The first-order valence-corrected chi connectivity index (χ1v) is 7.81. The van der Waals surface area contributed by atoms with Crippen molar-refractivity contribution in [1.82, 2.24) is 15.1 Å². The second-order valence-corrected chi connectivity index (χ2v) is 5.88. The molecule has 0 unspecified atom stereocenters. The smallest absolute Gasteiger partial charge is 0.267 e. The third-order valence-electron chi connectivity index (χ3n) is 3.97. The van der Waals surface area contributed by atoms with Crippen molar-refractivity contribution in [3.63, 3.8) is 0 Å². The maximum atomic E-state index is 12.5. The third kappa shape index (κ3) is 3.03. The monoisotopic (exact) mass is 327 g/mol. The van der Waals surface area contributed by atoms with E-state index in [9.17, 15) is 9.59 Å². The first-order valence-electron chi connectivity index (χ1n) is 7.41. The molecule has 0 spiro atoms. The van der Waals surface area contributed by atoms with Gasteiger partial charge in [-0.25, -0.2) is 0 Å². The van der Waals surface area contributed by atoms with Crippen molar-refractivity contribution in [2.24, 2.45) is 0 Å². The van der Waals surface area contributed by atoms with E-state index in [-0.39, 0.29) is 23.1 Å². The van der Waals surface area contributed by atoms with Crippen LogP contribution in [0.1, 0.15) is 11.1 Å². The lowest BCUT2D eigenvalue weighted by Crippen LogP contribution is -2.54. The Kier molecular flexibility index (Phi) is 4.25. The van der Waals surface area contributed by atoms with Gasteiger partial charge < -0.3 is 4.90 Å². The molecule has 1 aromatic rings. The second kappa shape index (κ2) is 6.34. The molecule has 1 N–H and O–H groups in total. The molecular weight excluding hydrogens is 310 g/mol. The van der Waals surface area contributed by atoms with E-state index >= 15 is 0 Å². The Bertz CT molecular complexity index is 726. The highest BCUT2D eigenvalue weighted by molar-refractivity contribution is 7.80. The van der Waals surface area contributed by atoms with E-state index in [1.165, 1.54) is 16.0 Å². The minimum atomic E-state index is -0.445. The van der Waals surface area contributed by atoms with E-state index in [0.29, 0.717) is 6.54 Å². The molecule has 0 aliphatic carbocycles. The van der Waals surface area contributed by atoms with Crippen LogP contribution in [0.15, 0.2) is 48.7 Å². The fourth-order valence-corrected chi connectivity index (χ4v) is 3.04. The number of fused-ring (bicyclic) bond motifs is 1. The number of amides is 2. The van der Waals surface area contributed by atoms with Gasteiger partial charge in [0.1, 0.15) is 5.57 Å². The summed E-state index contributed by atoms with van der Waals surface area (Å²) in [6, 6.07) is 8.21. The van der Waals surface area contributed by atoms with Gasteiger partial charge in [-0.1, -0.05) is 30.3 Å². The number of carbonyl (C=O) groups is 2. The van der Waals surface area contributed by atoms with E-state index in [4.69, 9.17) is 12.2 Å². The summed E-state index contributed by atoms with van der Waals surface area (Å²) < 4.78 is 0. The van der Waals surface area contributed by atoms with Crippen LogP contribution in [-0.4, -0.2) is 39.8 Å². The minimum Gasteiger partial charge on any atom is -0.372 e. The van der Waals surface area contributed by atoms with Crippen LogP contribution in [0.5, 0.6) is 0 Å². The summed E-state index contributed by atoms with van der Waals surface area (Å²) in [5.74, 6) is -0.823. The van der Waals surface area contributed by atoms with Gasteiger partial charge in [0.15, 0.2) is 5.11 Å². The molecule has 1 aromatic carbocycles. The van der Waals surface area contributed by atoms with Crippen molar-refractivity contribution in [3.05, 3.63) is 59.8 Å². The number of hydrogen-bond donors (Lipinski definition) is 1. The number of benzene rings is 1. The Morgan fingerprint density at radius 2 is 2.00 bits per heavy atom. The topological polar surface area (TPSA) is 52.7 Å². The van der Waals surface area contributed by atoms with Gasteiger partial charge in [-0.2, -0.15) is 0 Å². The van der Waals surface area contributed by atoms with Gasteiger partial charge in [-0.05, 0) is 29.8 Å². The van der Waals surface area contributed by atoms with Crippen molar-refractivity contribution in [2.75, 3.05) is 13.1 Å². The van der Waals surface area contributed by atoms with Crippen molar-refractivity contribution < 1.29 is 9.59 Å². The second-order valence-electron chi connectivity index (χ2n) is 5.50. The zero-order valence-corrected chi connectivity index (χ0v) is 13.4. The first-order chi connectivity index (χ1) is 11.1. The summed E-state index contributed by atoms with van der Waals surface area (Å²) in [6.45, 7) is 5.35. The molecule has 1 saturated heterocycles. The van der Waals surface area contributed by atoms with Gasteiger partial charge in [-0.3, -0.25) is 19.8 Å². The number of nitrogens with one attached hydrogen (secondary N) is 1. The summed E-state index contributed by atoms with van der Waals surface area (Å²) in [7, 11) is 0. The number of nitrogens with zero attached hydrogens (tertiary/aromatic N) is 2. The molecule has 0 saturated carbocycles. The maximum Gasteiger partial charge on any atom is 0.267 e. The number of carbonyl (C=O) groups excluding carboxylic acids is 2. The molecule has 0 atom stereocenters. The molecule has 2 amide bonds. The van der Waals surface area contributed by atoms with Gasteiger partial charge in [0.2, 0.25) is 0 Å². The maximum absolute atomic E-state index is 12.5. The van der Waals surface area contributed by atoms with E-state index in [0.717, 1.165) is 13.0 Å². The average molecular weight is 327 g/mol. The molecule has 1 fully saturated rings. The van der Waals surface area contributed by atoms with Crippen LogP contribution in [-0.2, 0) is 22.6 Å². The molecule has 0 aromatic heterocycles. The number of rotatable bonds is 3. The highest BCUT2D eigenvalue weighted by Gasteiger charge is 2.33. The van der Waals surface area contributed by atoms with Crippen LogP contribution in [0.3, 0.4) is 0 Å². The van der Waals surface area contributed by atoms with Crippen molar-refractivity contribution >= 4 is 29.1 Å². The van der Waals surface area contributed by atoms with E-state index in [2.05, 4.69) is 24.0 Å². The summed E-state index contributed by atoms with van der Waals surface area (Å²) in [4.78, 5) is 27.9. The zero-order valence-electron chi connectivity index (χ0n) is 12.6. The van der Waals surface area contributed by atoms with Crippen LogP contribution in [0.4, 0.5) is 0 Å². The van der Waals surface area contributed by atoms with Crippen LogP contribution >= 0.6 is 12.2 Å². The lowest BCUT2D eigenvalue weighted by molar-refractivity contribution is -0.128. The standard InChI is InChI=1S/C17H17N3O2S/c1-2-8-20-16(22)14(15(21)18-17(20)23)11-19-9-7-12-5-3-4-6-13(12)10-19/h2-6,11H,1,7-10H2,(H,18,21,23)/b14-11-. The van der Waals surface area contributed by atoms with Crippen LogP contribution < -0.4 is 5.32 Å². The van der Waals surface area contributed by atoms with Gasteiger partial charge in [0, 0.05) is 25.8 Å². The van der Waals surface area contributed by atoms with Crippen molar-refractivity contribution in [1.29, 1.82) is 0 Å². The Balaban J connectivity index is 1.84. The van der Waals surface area contributed by atoms with E-state index < -0.39 is 5.91 Å². The molecule has 6 heteroatoms. The molecule has 2 heterocycles. The number of hydrogen-bond acceptors (Lipinski definition) is 4. The zero-order chi connectivity index (χ0) is 16.4. The summed E-state index contributed by atoms with van der Waals surface area (Å²) >= 11 is 5.04. The van der Waals surface area contributed by atoms with Gasteiger partial charge >= 0.3 is 0 Å². The highest BCUT2D eigenvalue weighted by atomic mass is 32.1. The first kappa shape index (κ1) is 15.4. The summed E-state index contributed by atoms with van der Waals surface area (Å²) in [6.07, 6.45) is 4.12. The molecular formula is C17H17N3O2S. The quantitative estimate of drug-likeness (QED) is 0.394. The molecule has 2 aliphatic heterocycles. The Labute approximate surface area is 140 Å². The van der Waals surface area contributed by atoms with Gasteiger partial charge in [-0.15, -0.1) is 6.58 Å². The van der Waals surface area contributed by atoms with Gasteiger partial charge in [0.05, 0.1) is 0 Å². The molecule has 23 heavy (non-hydrogen) atoms. The molecule has 3 rings (SSSR count). The van der Waals surface area contributed by atoms with E-state index in [1.807, 2.05) is 17.0 Å². The minimum absolute atomic E-state index is 0.111. The van der Waals surface area contributed by atoms with Crippen LogP contribution in [0.2, 0.25) is 0 Å². The predicted octanol–water partition coefficient (Wildman–Crippen LogP) is 1.36. The Morgan fingerprint density at radius 1 is 1.26 bits per heavy atom. The molecule has 5 nitrogen and oxygen atoms in total. The fraction of sp³-hybridized carbons (Fsp3) is 0.235. The largest absolute Gasteiger partial charge is 0.372 e. The van der Waals surface area contributed by atoms with Crippen molar-refractivity contribution in [2.45, 2.75) is 13.0 Å². The summed E-state index contributed by atoms with van der Waals surface area (Å²) in [5.41, 5.74) is 2.65. The molecule has 118 valence electrons. The van der Waals surface area contributed by atoms with Gasteiger partial charge in [0.25, 0.3) is 11.8 Å². The highest BCUT2D eigenvalue weighted by Crippen LogP contribution is 2.20. The molecule has 2 aliphatic rings. The Hall–Kier alpha value is -2.47. The Morgan fingerprint density at radius 3 is 2.74 bits per heavy atom. The molecule has 0 radical (unpaired) electrons. The lowest BCUT2D eigenvalue weighted by atomic mass is 10.00. The fourth-order valence-electron chi connectivity index (χ4n) is 2.79.